The molecule has 6 fully saturated rings. The molecule has 0 spiro atoms. The normalized spacial score (nSPS) is 26.6. The van der Waals surface area contributed by atoms with Crippen LogP contribution in [0.1, 0.15) is 212 Å². The van der Waals surface area contributed by atoms with Crippen molar-refractivity contribution in [2.24, 2.45) is 63.1 Å². The van der Waals surface area contributed by atoms with Gasteiger partial charge in [-0.1, -0.05) is 125 Å². The first kappa shape index (κ1) is 108. The number of nitrogens with zero attached hydrogens (tertiary/aromatic N) is 1. The number of halogens is 3. The second kappa shape index (κ2) is 44.8. The maximum atomic E-state index is 13.2. The summed E-state index contributed by atoms with van der Waals surface area (Å²) in [5.74, 6) is -0.818. The minimum Gasteiger partial charge on any atom is -0.465 e. The fraction of sp³-hybridized carbons (Fsp3) is 0.939. The second-order valence-electron chi connectivity index (χ2n) is 33.6. The van der Waals surface area contributed by atoms with Crippen molar-refractivity contribution in [2.75, 3.05) is 66.6 Å². The smallest absolute Gasteiger partial charge is 0.465 e. The number of carbonyl (C=O) groups is 4. The Hall–Kier alpha value is -0.415. The van der Waals surface area contributed by atoms with Gasteiger partial charge in [0.1, 0.15) is 25.9 Å². The number of hydrogen-bond acceptors (Lipinski definition) is 29. The average molecular weight is 1780 g/mol. The topological polar surface area (TPSA) is 366 Å². The van der Waals surface area contributed by atoms with Crippen LogP contribution in [0.4, 0.5) is 13.2 Å². The number of sulfonamides is 1. The van der Waals surface area contributed by atoms with Crippen molar-refractivity contribution in [2.45, 2.75) is 272 Å². The number of hydrogen-bond donors (Lipinski definition) is 2. The molecule has 0 amide bonds. The number of esters is 4. The van der Waals surface area contributed by atoms with E-state index in [1.165, 1.54) is 0 Å². The molecule has 8 bridgehead atoms. The molecule has 6 heterocycles. The van der Waals surface area contributed by atoms with Crippen LogP contribution in [-0.4, -0.2) is 200 Å². The fourth-order valence-electron chi connectivity index (χ4n) is 10.8. The summed E-state index contributed by atoms with van der Waals surface area (Å²) in [6.45, 7) is 51.9. The van der Waals surface area contributed by atoms with E-state index in [4.69, 9.17) is 83.3 Å². The van der Waals surface area contributed by atoms with Crippen molar-refractivity contribution < 1.29 is 171 Å². The van der Waals surface area contributed by atoms with Crippen LogP contribution < -0.4 is 29.6 Å². The van der Waals surface area contributed by atoms with Gasteiger partial charge >= 0.3 is 129 Å². The van der Waals surface area contributed by atoms with Crippen LogP contribution in [-0.2, 0) is 121 Å². The van der Waals surface area contributed by atoms with Gasteiger partial charge in [0, 0.05) is 55.5 Å². The van der Waals surface area contributed by atoms with E-state index >= 15 is 0 Å². The number of rotatable bonds is 41. The van der Waals surface area contributed by atoms with E-state index in [9.17, 15) is 49.2 Å². The Morgan fingerprint density at radius 1 is 0.400 bits per heavy atom. The Balaban J connectivity index is 0.000000960. The molecule has 1 unspecified atom stereocenters. The van der Waals surface area contributed by atoms with Gasteiger partial charge in [0.25, 0.3) is 0 Å². The molecule has 0 radical (unpaired) electrons. The summed E-state index contributed by atoms with van der Waals surface area (Å²) in [7, 11) is -41.9. The van der Waals surface area contributed by atoms with Crippen LogP contribution >= 0.6 is 0 Å². The molecule has 2 N–H and O–H groups in total. The Kier molecular flexibility index (Phi) is 43.8. The summed E-state index contributed by atoms with van der Waals surface area (Å²) in [5.41, 5.74) is -8.22. The predicted molar refractivity (Wildman–Crippen MR) is 415 cm³/mol. The van der Waals surface area contributed by atoms with Crippen LogP contribution in [0.25, 0.3) is 4.13 Å². The van der Waals surface area contributed by atoms with Gasteiger partial charge in [-0.05, 0) is 129 Å². The Bertz CT molecular complexity index is 2930. The number of ether oxygens (including phenoxy) is 6. The molecule has 0 aliphatic carbocycles. The Morgan fingerprint density at radius 3 is 0.891 bits per heavy atom. The minimum absolute atomic E-state index is 0. The van der Waals surface area contributed by atoms with E-state index in [1.807, 2.05) is 48.5 Å². The van der Waals surface area contributed by atoms with Gasteiger partial charge in [0.05, 0.1) is 61.3 Å². The minimum atomic E-state index is -6.23. The average Bonchev–Trinajstić information content (AvgIpc) is 0.684. The van der Waals surface area contributed by atoms with E-state index in [0.717, 1.165) is 6.42 Å². The molecule has 110 heavy (non-hydrogen) atoms. The van der Waals surface area contributed by atoms with Crippen molar-refractivity contribution in [1.82, 2.24) is 0 Å². The Morgan fingerprint density at radius 2 is 0.645 bits per heavy atom. The molecule has 644 valence electrons. The molecular weight excluding hydrogens is 1640 g/mol. The predicted octanol–water partition coefficient (Wildman–Crippen LogP) is 10.1. The third-order valence-electron chi connectivity index (χ3n) is 17.5. The van der Waals surface area contributed by atoms with Crippen molar-refractivity contribution in [3.8, 4) is 0 Å². The van der Waals surface area contributed by atoms with E-state index in [-0.39, 0.29) is 115 Å². The molecular formula is C66H135F3NNaO29S2Si8. The molecule has 6 saturated heterocycles. The monoisotopic (exact) mass is 1770 g/mol. The first-order chi connectivity index (χ1) is 49.7. The van der Waals surface area contributed by atoms with Crippen LogP contribution in [0, 0.1) is 63.1 Å². The van der Waals surface area contributed by atoms with E-state index in [2.05, 4.69) is 106 Å². The summed E-state index contributed by atoms with van der Waals surface area (Å²) < 4.78 is 208. The molecule has 44 heteroatoms. The summed E-state index contributed by atoms with van der Waals surface area (Å²) in [6.07, 6.45) is 1.97. The van der Waals surface area contributed by atoms with Gasteiger partial charge in [-0.2, -0.15) is 13.2 Å². The molecule has 0 aromatic heterocycles. The third kappa shape index (κ3) is 34.4. The summed E-state index contributed by atoms with van der Waals surface area (Å²) in [6, 6.07) is 3.39. The number of carbonyl (C=O) groups excluding carboxylic acids is 4. The molecule has 0 aromatic rings. The van der Waals surface area contributed by atoms with Gasteiger partial charge in [0.15, 0.2) is 10.0 Å². The molecule has 30 nitrogen and oxygen atoms in total. The van der Waals surface area contributed by atoms with Gasteiger partial charge in [-0.15, -0.1) is 0 Å². The first-order valence-electron chi connectivity index (χ1n) is 38.1. The van der Waals surface area contributed by atoms with Gasteiger partial charge in [0.2, 0.25) is 10.3 Å². The van der Waals surface area contributed by atoms with E-state index < -0.39 is 143 Å². The summed E-state index contributed by atoms with van der Waals surface area (Å²) in [5, 5.41) is 17.4. The Labute approximate surface area is 686 Å². The molecule has 1 atom stereocenters. The maximum Gasteiger partial charge on any atom is 1.00 e. The van der Waals surface area contributed by atoms with Crippen molar-refractivity contribution in [3.05, 3.63) is 4.13 Å². The first-order valence-corrected chi connectivity index (χ1v) is 56.4. The molecule has 6 aliphatic rings. The molecule has 0 saturated carbocycles. The molecule has 6 rings (SSSR count). The number of methoxy groups -OCH3 is 1. The van der Waals surface area contributed by atoms with Gasteiger partial charge in [-0.3, -0.25) is 23.4 Å². The van der Waals surface area contributed by atoms with Crippen molar-refractivity contribution in [3.63, 3.8) is 0 Å². The van der Waals surface area contributed by atoms with Crippen LogP contribution in [0.2, 0.25) is 48.4 Å². The maximum absolute atomic E-state index is 13.2. The number of aliphatic hydroxyl groups excluding tert-OH is 2. The van der Waals surface area contributed by atoms with Gasteiger partial charge in [-0.25, -0.2) is 16.8 Å². The van der Waals surface area contributed by atoms with Crippen LogP contribution in [0.15, 0.2) is 0 Å². The number of alkyl halides is 3. The fourth-order valence-corrected chi connectivity index (χ4v) is 64.1. The van der Waals surface area contributed by atoms with E-state index in [1.54, 1.807) is 45.9 Å². The second-order valence-corrected chi connectivity index (χ2v) is 60.8. The van der Waals surface area contributed by atoms with Crippen LogP contribution in [0.5, 0.6) is 0 Å². The summed E-state index contributed by atoms with van der Waals surface area (Å²) >= 11 is 0. The number of aliphatic hydroxyl groups is 2. The zero-order chi connectivity index (χ0) is 84.1. The van der Waals surface area contributed by atoms with Crippen LogP contribution in [0.3, 0.4) is 0 Å². The van der Waals surface area contributed by atoms with Gasteiger partial charge < -0.3 is 92.1 Å². The third-order valence-corrected chi connectivity index (χ3v) is 60.1. The van der Waals surface area contributed by atoms with E-state index in [0.29, 0.717) is 94.4 Å². The zero-order valence-corrected chi connectivity index (χ0v) is 82.6. The standard InChI is InChI=1S/C37H80O14Si8.C11H22O4.C9H15F3NO7S2.C9H18O4.Na/c1-18-37(16,17)36(38)39-20-19-21-52-40-53(22-29(2)3)43-56(25-32(8)9)45-54(41-52,23-30(4)5)47-58(27-34(12)13)48-55(42-52,24-31(6)7)46-57(44-53,26-33(10)11)50-59(49-56,51-58)28-35(14)15;1-5-11(2,3)10(12)15-9-8-14-7-6-13-4;1-4-8(2,3)7(14)19-5-6-20-22(17,18)13-21(15,16)9(10,11)12;1-4-9(2,3)8(12)13-6-7(11)5-10;/h29-35H,18-28H2,1-17H3;5-9H2,1-4H3;4-6H2,1-3H3;7,10-11H,4-6H2,1-3H3;/q;;-1;;+1. The SMILES string of the molecule is CCC(C)(C)C(=O)OCC(O)CO.CCC(C)(C)C(=O)OCCC[Si]12O[Si]3(CC(C)C)O[Si]4(CC(C)C)O[Si](CC(C)C)(O1)O[Si]1(CC(C)C)O[Si](CC(C)C)(O2)O[Si](CC(C)C)(O3)O[Si](CC(C)C)(O4)O1.CCC(C)(C)C(=O)OCCOCCOC.CCC(C)(C)C(=O)OCCOS(=O)(=O)[N-]S(=O)(=O)C(F)(F)F.[Na+]. The largest absolute Gasteiger partial charge is 1.00 e. The molecule has 6 aliphatic heterocycles. The zero-order valence-electron chi connectivity index (χ0n) is 71.0. The summed E-state index contributed by atoms with van der Waals surface area (Å²) in [4.78, 5) is 47.5. The van der Waals surface area contributed by atoms with Crippen molar-refractivity contribution in [1.29, 1.82) is 0 Å². The quantitative estimate of drug-likeness (QED) is 0.0249. The van der Waals surface area contributed by atoms with Crippen molar-refractivity contribution >= 4 is 115 Å². The molecule has 0 aromatic carbocycles.